The quantitative estimate of drug-likeness (QED) is 0.214. The van der Waals surface area contributed by atoms with E-state index in [0.29, 0.717) is 5.11 Å². The smallest absolute Gasteiger partial charge is 0.174 e. The minimum absolute atomic E-state index is 0.150. The zero-order valence-corrected chi connectivity index (χ0v) is 23.4. The maximum absolute atomic E-state index is 6.09. The summed E-state index contributed by atoms with van der Waals surface area (Å²) in [6.07, 6.45) is 1.82. The summed E-state index contributed by atoms with van der Waals surface area (Å²) < 4.78 is 13.8. The lowest BCUT2D eigenvalue weighted by molar-refractivity contribution is 0.414. The van der Waals surface area contributed by atoms with Gasteiger partial charge in [-0.05, 0) is 111 Å². The highest BCUT2D eigenvalue weighted by molar-refractivity contribution is 7.80. The number of nitrogens with one attached hydrogen (secondary N) is 1. The van der Waals surface area contributed by atoms with Crippen LogP contribution in [0.1, 0.15) is 34.7 Å². The number of methoxy groups -OCH3 is 1. The van der Waals surface area contributed by atoms with Gasteiger partial charge in [0.05, 0.1) is 18.8 Å². The van der Waals surface area contributed by atoms with Crippen molar-refractivity contribution in [3.05, 3.63) is 132 Å². The van der Waals surface area contributed by atoms with Crippen molar-refractivity contribution in [1.29, 1.82) is 0 Å². The highest BCUT2D eigenvalue weighted by Crippen LogP contribution is 2.43. The molecule has 1 aliphatic heterocycles. The molecule has 1 fully saturated rings. The van der Waals surface area contributed by atoms with Crippen LogP contribution in [0, 0.1) is 13.8 Å². The Morgan fingerprint density at radius 3 is 2.05 bits per heavy atom. The average molecular weight is 547 g/mol. The van der Waals surface area contributed by atoms with Gasteiger partial charge in [0.25, 0.3) is 0 Å². The van der Waals surface area contributed by atoms with Crippen molar-refractivity contribution in [2.75, 3.05) is 12.0 Å². The van der Waals surface area contributed by atoms with E-state index in [1.165, 1.54) is 5.56 Å². The lowest BCUT2D eigenvalue weighted by Gasteiger charge is -2.29. The Bertz CT molecular complexity index is 1610. The number of nitrogens with zero attached hydrogens (tertiary/aromatic N) is 3. The number of rotatable bonds is 7. The summed E-state index contributed by atoms with van der Waals surface area (Å²) in [4.78, 5) is 6.88. The first kappa shape index (κ1) is 25.6. The third-order valence-electron chi connectivity index (χ3n) is 7.21. The summed E-state index contributed by atoms with van der Waals surface area (Å²) in [6, 6.07) is 34.2. The maximum Gasteiger partial charge on any atom is 0.174 e. The molecule has 3 aromatic carbocycles. The molecule has 1 N–H and O–H groups in total. The zero-order valence-electron chi connectivity index (χ0n) is 22.6. The molecule has 1 saturated heterocycles. The fourth-order valence-corrected chi connectivity index (χ4v) is 5.57. The number of pyridine rings is 1. The van der Waals surface area contributed by atoms with Crippen LogP contribution in [-0.4, -0.2) is 21.8 Å². The number of anilines is 1. The molecule has 200 valence electrons. The molecular weight excluding hydrogens is 516 g/mol. The predicted octanol–water partition coefficient (Wildman–Crippen LogP) is 7.47. The van der Waals surface area contributed by atoms with Crippen LogP contribution in [0.25, 0.3) is 5.69 Å². The van der Waals surface area contributed by atoms with E-state index < -0.39 is 0 Å². The number of aryl methyl sites for hydroxylation is 2. The molecule has 2 aromatic heterocycles. The second kappa shape index (κ2) is 10.9. The number of thiocarbonyl (C=S) groups is 1. The predicted molar refractivity (Wildman–Crippen MR) is 163 cm³/mol. The Morgan fingerprint density at radius 1 is 0.750 bits per heavy atom. The van der Waals surface area contributed by atoms with Crippen LogP contribution in [-0.2, 0) is 0 Å². The number of ether oxygens (including phenoxy) is 2. The molecule has 40 heavy (non-hydrogen) atoms. The monoisotopic (exact) mass is 546 g/mol. The SMILES string of the molecule is COc1ccc(-n2c(C)ccc2[C@H]2[C@H](c3ccccn3)NC(=S)N2c2ccc(Oc3ccc(C)cc3)cc2)cc1. The number of hydrogen-bond acceptors (Lipinski definition) is 4. The highest BCUT2D eigenvalue weighted by atomic mass is 32.1. The molecule has 7 heteroatoms. The molecule has 0 spiro atoms. The van der Waals surface area contributed by atoms with E-state index in [4.69, 9.17) is 26.7 Å². The molecule has 0 amide bonds. The van der Waals surface area contributed by atoms with Gasteiger partial charge in [-0.2, -0.15) is 0 Å². The van der Waals surface area contributed by atoms with Gasteiger partial charge in [-0.3, -0.25) is 4.98 Å². The summed E-state index contributed by atoms with van der Waals surface area (Å²) >= 11 is 5.96. The minimum atomic E-state index is -0.151. The summed E-state index contributed by atoms with van der Waals surface area (Å²) in [7, 11) is 1.68. The molecule has 2 atom stereocenters. The van der Waals surface area contributed by atoms with Crippen molar-refractivity contribution in [1.82, 2.24) is 14.9 Å². The Morgan fingerprint density at radius 2 is 1.40 bits per heavy atom. The van der Waals surface area contributed by atoms with Crippen LogP contribution in [0.15, 0.2) is 109 Å². The molecule has 6 nitrogen and oxygen atoms in total. The van der Waals surface area contributed by atoms with E-state index in [1.807, 2.05) is 72.9 Å². The molecule has 5 aromatic rings. The van der Waals surface area contributed by atoms with Gasteiger partial charge in [-0.25, -0.2) is 0 Å². The van der Waals surface area contributed by atoms with Crippen LogP contribution in [0.3, 0.4) is 0 Å². The fraction of sp³-hybridized carbons (Fsp3) is 0.152. The molecule has 0 unspecified atom stereocenters. The van der Waals surface area contributed by atoms with Gasteiger partial charge in [0.2, 0.25) is 0 Å². The normalized spacial score (nSPS) is 16.6. The van der Waals surface area contributed by atoms with Gasteiger partial charge >= 0.3 is 0 Å². The first-order valence-corrected chi connectivity index (χ1v) is 13.6. The summed E-state index contributed by atoms with van der Waals surface area (Å²) in [5, 5.41) is 4.21. The topological polar surface area (TPSA) is 51.5 Å². The van der Waals surface area contributed by atoms with Gasteiger partial charge in [0, 0.05) is 29.0 Å². The molecule has 6 rings (SSSR count). The van der Waals surface area contributed by atoms with E-state index in [0.717, 1.165) is 45.7 Å². The van der Waals surface area contributed by atoms with Crippen LogP contribution < -0.4 is 19.7 Å². The van der Waals surface area contributed by atoms with E-state index in [-0.39, 0.29) is 12.1 Å². The van der Waals surface area contributed by atoms with E-state index in [1.54, 1.807) is 7.11 Å². The minimum Gasteiger partial charge on any atom is -0.497 e. The largest absolute Gasteiger partial charge is 0.497 e. The van der Waals surface area contributed by atoms with Gasteiger partial charge in [-0.15, -0.1) is 0 Å². The number of hydrogen-bond donors (Lipinski definition) is 1. The van der Waals surface area contributed by atoms with E-state index in [9.17, 15) is 0 Å². The highest BCUT2D eigenvalue weighted by Gasteiger charge is 2.42. The summed E-state index contributed by atoms with van der Waals surface area (Å²) in [6.45, 7) is 4.18. The van der Waals surface area contributed by atoms with E-state index >= 15 is 0 Å². The van der Waals surface area contributed by atoms with Gasteiger partial charge in [-0.1, -0.05) is 23.8 Å². The number of aromatic nitrogens is 2. The number of benzene rings is 3. The molecule has 0 bridgehead atoms. The second-order valence-corrected chi connectivity index (χ2v) is 10.2. The van der Waals surface area contributed by atoms with Crippen LogP contribution in [0.5, 0.6) is 17.2 Å². The van der Waals surface area contributed by atoms with E-state index in [2.05, 4.69) is 65.0 Å². The van der Waals surface area contributed by atoms with Crippen LogP contribution in [0.2, 0.25) is 0 Å². The van der Waals surface area contributed by atoms with Crippen molar-refractivity contribution >= 4 is 23.0 Å². The zero-order chi connectivity index (χ0) is 27.6. The van der Waals surface area contributed by atoms with Crippen molar-refractivity contribution in [2.24, 2.45) is 0 Å². The van der Waals surface area contributed by atoms with Crippen molar-refractivity contribution in [2.45, 2.75) is 25.9 Å². The van der Waals surface area contributed by atoms with Crippen molar-refractivity contribution < 1.29 is 9.47 Å². The summed E-state index contributed by atoms with van der Waals surface area (Å²) in [5.74, 6) is 2.39. The molecular formula is C33H30N4O2S. The Kier molecular flexibility index (Phi) is 6.97. The van der Waals surface area contributed by atoms with Crippen LogP contribution >= 0.6 is 12.2 Å². The standard InChI is InChI=1S/C33H30N4O2S/c1-22-7-14-27(15-8-22)39-28-18-12-25(13-19-28)37-32(31(35-33(37)40)29-6-4-5-21-34-29)30-20-9-23(2)36(30)24-10-16-26(38-3)17-11-24/h4-21,31-32H,1-3H3,(H,35,40)/t31-,32-/m0/s1. The fourth-order valence-electron chi connectivity index (χ4n) is 5.22. The van der Waals surface area contributed by atoms with Gasteiger partial charge in [0.1, 0.15) is 23.3 Å². The second-order valence-electron chi connectivity index (χ2n) is 9.84. The Hall–Kier alpha value is -4.62. The summed E-state index contributed by atoms with van der Waals surface area (Å²) in [5.41, 5.74) is 6.37. The van der Waals surface area contributed by atoms with Crippen molar-refractivity contribution in [3.63, 3.8) is 0 Å². The molecule has 0 saturated carbocycles. The van der Waals surface area contributed by atoms with Gasteiger partial charge < -0.3 is 24.3 Å². The van der Waals surface area contributed by atoms with Crippen molar-refractivity contribution in [3.8, 4) is 22.9 Å². The third kappa shape index (κ3) is 4.92. The molecule has 0 radical (unpaired) electrons. The Labute approximate surface area is 239 Å². The van der Waals surface area contributed by atoms with Crippen LogP contribution in [0.4, 0.5) is 5.69 Å². The first-order valence-electron chi connectivity index (χ1n) is 13.2. The third-order valence-corrected chi connectivity index (χ3v) is 7.52. The Balaban J connectivity index is 1.40. The molecule has 1 aliphatic rings. The first-order chi connectivity index (χ1) is 19.5. The average Bonchev–Trinajstić information content (AvgIpc) is 3.54. The van der Waals surface area contributed by atoms with Gasteiger partial charge in [0.15, 0.2) is 5.11 Å². The maximum atomic E-state index is 6.09. The molecule has 3 heterocycles. The lowest BCUT2D eigenvalue weighted by atomic mass is 10.0. The molecule has 0 aliphatic carbocycles. The lowest BCUT2D eigenvalue weighted by Crippen LogP contribution is -2.30.